The molecule has 11 nitrogen and oxygen atoms in total. The predicted octanol–water partition coefficient (Wildman–Crippen LogP) is 1.77. The number of ether oxygens (including phenoxy) is 2. The van der Waals surface area contributed by atoms with E-state index in [1.54, 1.807) is 6.20 Å². The summed E-state index contributed by atoms with van der Waals surface area (Å²) in [6.07, 6.45) is 3.89. The molecule has 2 N–H and O–H groups in total. The van der Waals surface area contributed by atoms with Gasteiger partial charge in [-0.25, -0.2) is 15.0 Å². The Morgan fingerprint density at radius 3 is 2.79 bits per heavy atom. The summed E-state index contributed by atoms with van der Waals surface area (Å²) in [5, 5.41) is 11.7. The lowest BCUT2D eigenvalue weighted by atomic mass is 10.2. The fourth-order valence-electron chi connectivity index (χ4n) is 3.90. The molecule has 1 aliphatic heterocycles. The molecule has 4 heterocycles. The van der Waals surface area contributed by atoms with Crippen molar-refractivity contribution in [2.45, 2.75) is 39.8 Å². The first kappa shape index (κ1) is 23.3. The Hall–Kier alpha value is -2.89. The molecule has 1 saturated heterocycles. The summed E-state index contributed by atoms with van der Waals surface area (Å²) in [5.74, 6) is 2.03. The molecule has 0 bridgehead atoms. The predicted molar refractivity (Wildman–Crippen MR) is 127 cm³/mol. The van der Waals surface area contributed by atoms with Gasteiger partial charge in [-0.05, 0) is 26.8 Å². The highest BCUT2D eigenvalue weighted by molar-refractivity contribution is 5.90. The molecule has 3 aromatic rings. The van der Waals surface area contributed by atoms with Crippen LogP contribution in [0.15, 0.2) is 18.6 Å². The summed E-state index contributed by atoms with van der Waals surface area (Å²) >= 11 is 0. The molecular weight excluding hydrogens is 422 g/mol. The normalized spacial score (nSPS) is 16.5. The molecule has 178 valence electrons. The van der Waals surface area contributed by atoms with E-state index in [2.05, 4.69) is 32.4 Å². The van der Waals surface area contributed by atoms with Crippen LogP contribution in [0.2, 0.25) is 0 Å². The number of hydrogen-bond donors (Lipinski definition) is 2. The monoisotopic (exact) mass is 455 g/mol. The summed E-state index contributed by atoms with van der Waals surface area (Å²) < 4.78 is 13.1. The first-order valence-electron chi connectivity index (χ1n) is 11.6. The zero-order chi connectivity index (χ0) is 23.0. The van der Waals surface area contributed by atoms with Crippen molar-refractivity contribution in [3.05, 3.63) is 24.3 Å². The third-order valence-electron chi connectivity index (χ3n) is 5.46. The highest BCUT2D eigenvalue weighted by atomic mass is 16.5. The smallest absolute Gasteiger partial charge is 0.228 e. The van der Waals surface area contributed by atoms with Gasteiger partial charge in [0.15, 0.2) is 5.82 Å². The van der Waals surface area contributed by atoms with E-state index < -0.39 is 0 Å². The second kappa shape index (κ2) is 11.3. The number of fused-ring (bicyclic) bond motifs is 1. The van der Waals surface area contributed by atoms with Gasteiger partial charge >= 0.3 is 0 Å². The topological polar surface area (TPSA) is 115 Å². The van der Waals surface area contributed by atoms with Gasteiger partial charge in [0, 0.05) is 51.5 Å². The van der Waals surface area contributed by atoms with Crippen LogP contribution in [0.3, 0.4) is 0 Å². The molecule has 0 amide bonds. The fraction of sp³-hybridized carbons (Fsp3) is 0.591. The van der Waals surface area contributed by atoms with Crippen LogP contribution in [0.25, 0.3) is 11.0 Å². The SMILES string of the molecule is CCOCCc1nn(CCOCC)c2c(Nc3ccncn3)nc(N3CCN[C@H](C)C3)nc12. The van der Waals surface area contributed by atoms with E-state index in [-0.39, 0.29) is 0 Å². The van der Waals surface area contributed by atoms with E-state index in [4.69, 9.17) is 24.5 Å². The van der Waals surface area contributed by atoms with E-state index >= 15 is 0 Å². The van der Waals surface area contributed by atoms with E-state index in [0.29, 0.717) is 63.0 Å². The fourth-order valence-corrected chi connectivity index (χ4v) is 3.90. The molecule has 3 aromatic heterocycles. The largest absolute Gasteiger partial charge is 0.381 e. The summed E-state index contributed by atoms with van der Waals surface area (Å²) in [6, 6.07) is 2.18. The van der Waals surface area contributed by atoms with Crippen molar-refractivity contribution in [1.29, 1.82) is 0 Å². The zero-order valence-corrected chi connectivity index (χ0v) is 19.6. The van der Waals surface area contributed by atoms with Gasteiger partial charge in [0.25, 0.3) is 0 Å². The number of nitrogens with one attached hydrogen (secondary N) is 2. The van der Waals surface area contributed by atoms with Crippen molar-refractivity contribution in [2.24, 2.45) is 0 Å². The molecule has 1 aliphatic rings. The van der Waals surface area contributed by atoms with Crippen molar-refractivity contribution in [3.63, 3.8) is 0 Å². The Labute approximate surface area is 193 Å². The molecule has 33 heavy (non-hydrogen) atoms. The number of nitrogens with zero attached hydrogens (tertiary/aromatic N) is 7. The standard InChI is InChI=1S/C22H33N9O2/c1-4-32-12-7-17-19-20(31(29-17)11-13-33-5-2)21(26-18-6-8-23-15-25-18)28-22(27-19)30-10-9-24-16(3)14-30/h6,8,15-16,24H,4-5,7,9-14H2,1-3H3,(H,23,25,26,27,28)/t16-/m1/s1. The minimum Gasteiger partial charge on any atom is -0.381 e. The molecular formula is C22H33N9O2. The van der Waals surface area contributed by atoms with Crippen LogP contribution in [0.4, 0.5) is 17.6 Å². The van der Waals surface area contributed by atoms with Crippen molar-refractivity contribution in [3.8, 4) is 0 Å². The minimum absolute atomic E-state index is 0.364. The third kappa shape index (κ3) is 5.73. The summed E-state index contributed by atoms with van der Waals surface area (Å²) in [4.78, 5) is 20.5. The molecule has 0 saturated carbocycles. The molecule has 4 rings (SSSR count). The quantitative estimate of drug-likeness (QED) is 0.415. The third-order valence-corrected chi connectivity index (χ3v) is 5.46. The Morgan fingerprint density at radius 1 is 1.18 bits per heavy atom. The number of hydrogen-bond acceptors (Lipinski definition) is 10. The van der Waals surface area contributed by atoms with Crippen molar-refractivity contribution in [2.75, 3.05) is 56.3 Å². The van der Waals surface area contributed by atoms with Crippen LogP contribution in [-0.4, -0.2) is 81.8 Å². The molecule has 1 atom stereocenters. The Balaban J connectivity index is 1.79. The lowest BCUT2D eigenvalue weighted by Crippen LogP contribution is -2.49. The first-order valence-corrected chi connectivity index (χ1v) is 11.6. The molecule has 0 unspecified atom stereocenters. The van der Waals surface area contributed by atoms with Crippen molar-refractivity contribution in [1.82, 2.24) is 35.0 Å². The van der Waals surface area contributed by atoms with Gasteiger partial charge < -0.3 is 25.0 Å². The van der Waals surface area contributed by atoms with Gasteiger partial charge in [0.05, 0.1) is 25.5 Å². The van der Waals surface area contributed by atoms with Gasteiger partial charge in [-0.2, -0.15) is 10.1 Å². The summed E-state index contributed by atoms with van der Waals surface area (Å²) in [5.41, 5.74) is 2.57. The van der Waals surface area contributed by atoms with Crippen LogP contribution in [0.1, 0.15) is 26.5 Å². The molecule has 0 radical (unpaired) electrons. The lowest BCUT2D eigenvalue weighted by Gasteiger charge is -2.32. The highest BCUT2D eigenvalue weighted by Gasteiger charge is 2.24. The van der Waals surface area contributed by atoms with Crippen molar-refractivity contribution >= 4 is 28.6 Å². The number of piperazine rings is 1. The average Bonchev–Trinajstić information content (AvgIpc) is 3.18. The maximum absolute atomic E-state index is 5.61. The maximum Gasteiger partial charge on any atom is 0.228 e. The number of anilines is 3. The van der Waals surface area contributed by atoms with E-state index in [1.807, 2.05) is 24.6 Å². The molecule has 11 heteroatoms. The van der Waals surface area contributed by atoms with Gasteiger partial charge in [0.1, 0.15) is 23.2 Å². The Morgan fingerprint density at radius 2 is 2.03 bits per heavy atom. The van der Waals surface area contributed by atoms with Crippen LogP contribution in [0, 0.1) is 0 Å². The second-order valence-electron chi connectivity index (χ2n) is 7.90. The maximum atomic E-state index is 5.61. The first-order chi connectivity index (χ1) is 16.2. The van der Waals surface area contributed by atoms with Gasteiger partial charge in [-0.15, -0.1) is 0 Å². The minimum atomic E-state index is 0.364. The average molecular weight is 456 g/mol. The molecule has 0 spiro atoms. The van der Waals surface area contributed by atoms with Gasteiger partial charge in [0.2, 0.25) is 5.95 Å². The number of rotatable bonds is 11. The Bertz CT molecular complexity index is 1030. The summed E-state index contributed by atoms with van der Waals surface area (Å²) in [7, 11) is 0. The van der Waals surface area contributed by atoms with Crippen LogP contribution < -0.4 is 15.5 Å². The van der Waals surface area contributed by atoms with Crippen LogP contribution in [0.5, 0.6) is 0 Å². The lowest BCUT2D eigenvalue weighted by molar-refractivity contribution is 0.136. The van der Waals surface area contributed by atoms with Gasteiger partial charge in [-0.3, -0.25) is 4.68 Å². The van der Waals surface area contributed by atoms with Crippen LogP contribution in [-0.2, 0) is 22.4 Å². The molecule has 0 aliphatic carbocycles. The highest BCUT2D eigenvalue weighted by Crippen LogP contribution is 2.29. The Kier molecular flexibility index (Phi) is 7.97. The zero-order valence-electron chi connectivity index (χ0n) is 19.6. The van der Waals surface area contributed by atoms with Crippen molar-refractivity contribution < 1.29 is 9.47 Å². The second-order valence-corrected chi connectivity index (χ2v) is 7.90. The van der Waals surface area contributed by atoms with Crippen LogP contribution >= 0.6 is 0 Å². The van der Waals surface area contributed by atoms with E-state index in [9.17, 15) is 0 Å². The number of aromatic nitrogens is 6. The molecule has 0 aromatic carbocycles. The van der Waals surface area contributed by atoms with E-state index in [0.717, 1.165) is 36.4 Å². The van der Waals surface area contributed by atoms with Gasteiger partial charge in [-0.1, -0.05) is 0 Å². The van der Waals surface area contributed by atoms with E-state index in [1.165, 1.54) is 6.33 Å². The molecule has 1 fully saturated rings. The summed E-state index contributed by atoms with van der Waals surface area (Å²) in [6.45, 7) is 11.8.